The number of anilines is 1. The predicted octanol–water partition coefficient (Wildman–Crippen LogP) is 8.12. The number of thioether (sulfide) groups is 1. The number of halogens is 4. The van der Waals surface area contributed by atoms with E-state index in [1.807, 2.05) is 36.4 Å². The molecule has 0 aromatic heterocycles. The second-order valence-electron chi connectivity index (χ2n) is 8.13. The minimum atomic E-state index is -4.63. The van der Waals surface area contributed by atoms with E-state index >= 15 is 0 Å². The van der Waals surface area contributed by atoms with Crippen LogP contribution in [0.25, 0.3) is 0 Å². The summed E-state index contributed by atoms with van der Waals surface area (Å²) in [7, 11) is 0. The third-order valence-corrected chi connectivity index (χ3v) is 7.01. The fourth-order valence-corrected chi connectivity index (χ4v) is 4.79. The van der Waals surface area contributed by atoms with Gasteiger partial charge >= 0.3 is 12.1 Å². The van der Waals surface area contributed by atoms with Gasteiger partial charge in [0.1, 0.15) is 5.25 Å². The van der Waals surface area contributed by atoms with Gasteiger partial charge in [-0.25, -0.2) is 0 Å². The van der Waals surface area contributed by atoms with Gasteiger partial charge in [-0.15, -0.1) is 11.8 Å². The van der Waals surface area contributed by atoms with Crippen LogP contribution < -0.4 is 5.32 Å². The first kappa shape index (κ1) is 27.3. The Bertz CT molecular complexity index is 1390. The van der Waals surface area contributed by atoms with Crippen LogP contribution in [0.15, 0.2) is 114 Å². The van der Waals surface area contributed by atoms with Crippen molar-refractivity contribution < 1.29 is 27.5 Å². The number of benzene rings is 4. The second-order valence-corrected chi connectivity index (χ2v) is 9.72. The molecule has 0 bridgehead atoms. The first-order valence-electron chi connectivity index (χ1n) is 11.4. The van der Waals surface area contributed by atoms with E-state index < -0.39 is 35.0 Å². The normalized spacial score (nSPS) is 12.8. The Morgan fingerprint density at radius 2 is 1.34 bits per heavy atom. The van der Waals surface area contributed by atoms with E-state index in [9.17, 15) is 22.8 Å². The van der Waals surface area contributed by atoms with Gasteiger partial charge in [0, 0.05) is 10.5 Å². The van der Waals surface area contributed by atoms with Crippen molar-refractivity contribution in [3.8, 4) is 0 Å². The van der Waals surface area contributed by atoms with E-state index in [1.54, 1.807) is 54.6 Å². The van der Waals surface area contributed by atoms with Gasteiger partial charge in [-0.2, -0.15) is 13.2 Å². The smallest absolute Gasteiger partial charge is 0.416 e. The van der Waals surface area contributed by atoms with Gasteiger partial charge in [-0.3, -0.25) is 9.59 Å². The summed E-state index contributed by atoms with van der Waals surface area (Å²) in [6, 6.07) is 29.0. The summed E-state index contributed by atoms with van der Waals surface area (Å²) in [5, 5.41) is 1.50. The molecule has 0 saturated heterocycles. The van der Waals surface area contributed by atoms with Crippen molar-refractivity contribution in [2.24, 2.45) is 0 Å². The van der Waals surface area contributed by atoms with Crippen LogP contribution in [0.2, 0.25) is 5.02 Å². The molecule has 9 heteroatoms. The van der Waals surface area contributed by atoms with Crippen LogP contribution in [0.5, 0.6) is 0 Å². The van der Waals surface area contributed by atoms with Crippen molar-refractivity contribution >= 4 is 40.9 Å². The number of ether oxygens (including phenoxy) is 1. The highest BCUT2D eigenvalue weighted by atomic mass is 35.5. The monoisotopic (exact) mass is 555 g/mol. The van der Waals surface area contributed by atoms with Crippen LogP contribution in [-0.2, 0) is 20.5 Å². The van der Waals surface area contributed by atoms with E-state index in [4.69, 9.17) is 16.3 Å². The highest BCUT2D eigenvalue weighted by Crippen LogP contribution is 2.38. The van der Waals surface area contributed by atoms with Gasteiger partial charge in [-0.1, -0.05) is 90.5 Å². The zero-order chi connectivity index (χ0) is 27.1. The summed E-state index contributed by atoms with van der Waals surface area (Å²) < 4.78 is 45.5. The average molecular weight is 556 g/mol. The molecule has 4 rings (SSSR count). The Kier molecular flexibility index (Phi) is 8.76. The first-order valence-corrected chi connectivity index (χ1v) is 12.7. The molecule has 0 aliphatic heterocycles. The molecular weight excluding hydrogens is 535 g/mol. The molecule has 0 heterocycles. The lowest BCUT2D eigenvalue weighted by molar-refractivity contribution is -0.154. The van der Waals surface area contributed by atoms with E-state index in [0.717, 1.165) is 23.1 Å². The summed E-state index contributed by atoms with van der Waals surface area (Å²) in [5.41, 5.74) is -0.215. The molecule has 194 valence electrons. The summed E-state index contributed by atoms with van der Waals surface area (Å²) in [6.07, 6.45) is -6.08. The topological polar surface area (TPSA) is 55.4 Å². The van der Waals surface area contributed by atoms with Gasteiger partial charge < -0.3 is 10.1 Å². The van der Waals surface area contributed by atoms with Crippen molar-refractivity contribution in [2.75, 3.05) is 5.32 Å². The van der Waals surface area contributed by atoms with E-state index in [-0.39, 0.29) is 10.7 Å². The molecule has 4 aromatic rings. The zero-order valence-electron chi connectivity index (χ0n) is 19.7. The van der Waals surface area contributed by atoms with Gasteiger partial charge in [0.25, 0.3) is 5.91 Å². The van der Waals surface area contributed by atoms with Crippen molar-refractivity contribution in [1.82, 2.24) is 0 Å². The van der Waals surface area contributed by atoms with Crippen molar-refractivity contribution in [3.05, 3.63) is 131 Å². The molecule has 0 unspecified atom stereocenters. The average Bonchev–Trinajstić information content (AvgIpc) is 2.92. The minimum absolute atomic E-state index is 0.0914. The number of carbonyl (C=O) groups is 2. The summed E-state index contributed by atoms with van der Waals surface area (Å²) in [5.74, 6) is -1.54. The molecule has 0 aliphatic carbocycles. The standard InChI is InChI=1S/C29H21ClF3NO3S/c30-23-17-16-21(29(31,32)33)18-24(23)34-27(35)25(19-10-4-1-5-11-19)37-28(36)26(20-12-6-2-7-13-20)38-22-14-8-3-9-15-22/h1-18,25-26H,(H,34,35)/t25-,26-/m1/s1. The van der Waals surface area contributed by atoms with Gasteiger partial charge in [-0.05, 0) is 35.9 Å². The highest BCUT2D eigenvalue weighted by Gasteiger charge is 2.33. The van der Waals surface area contributed by atoms with Crippen LogP contribution in [-0.4, -0.2) is 11.9 Å². The number of esters is 1. The molecule has 0 saturated carbocycles. The number of carbonyl (C=O) groups excluding carboxylic acids is 2. The largest absolute Gasteiger partial charge is 0.446 e. The van der Waals surface area contributed by atoms with Crippen molar-refractivity contribution in [3.63, 3.8) is 0 Å². The molecular formula is C29H21ClF3NO3S. The Morgan fingerprint density at radius 3 is 1.92 bits per heavy atom. The highest BCUT2D eigenvalue weighted by molar-refractivity contribution is 8.00. The molecule has 0 fully saturated rings. The fourth-order valence-electron chi connectivity index (χ4n) is 3.59. The van der Waals surface area contributed by atoms with Gasteiger partial charge in [0.05, 0.1) is 16.3 Å². The molecule has 0 spiro atoms. The third-order valence-electron chi connectivity index (χ3n) is 5.44. The van der Waals surface area contributed by atoms with Crippen LogP contribution in [0.1, 0.15) is 28.0 Å². The maximum Gasteiger partial charge on any atom is 0.416 e. The SMILES string of the molecule is O=C(Nc1cc(C(F)(F)F)ccc1Cl)[C@H](OC(=O)[C@H](Sc1ccccc1)c1ccccc1)c1ccccc1. The minimum Gasteiger partial charge on any atom is -0.446 e. The maximum absolute atomic E-state index is 13.5. The summed E-state index contributed by atoms with van der Waals surface area (Å²) in [4.78, 5) is 27.7. The number of hydrogen-bond acceptors (Lipinski definition) is 4. The molecule has 0 radical (unpaired) electrons. The van der Waals surface area contributed by atoms with Crippen LogP contribution in [0, 0.1) is 0 Å². The molecule has 4 aromatic carbocycles. The lowest BCUT2D eigenvalue weighted by Crippen LogP contribution is -2.27. The van der Waals surface area contributed by atoms with Gasteiger partial charge in [0.2, 0.25) is 6.10 Å². The Labute approximate surface area is 226 Å². The van der Waals surface area contributed by atoms with Crippen molar-refractivity contribution in [1.29, 1.82) is 0 Å². The number of hydrogen-bond donors (Lipinski definition) is 1. The zero-order valence-corrected chi connectivity index (χ0v) is 21.3. The van der Waals surface area contributed by atoms with Crippen LogP contribution in [0.4, 0.5) is 18.9 Å². The molecule has 38 heavy (non-hydrogen) atoms. The van der Waals surface area contributed by atoms with E-state index in [2.05, 4.69) is 5.32 Å². The lowest BCUT2D eigenvalue weighted by Gasteiger charge is -2.22. The first-order chi connectivity index (χ1) is 18.2. The number of nitrogens with one attached hydrogen (secondary N) is 1. The van der Waals surface area contributed by atoms with Crippen LogP contribution in [0.3, 0.4) is 0 Å². The molecule has 1 amide bonds. The predicted molar refractivity (Wildman–Crippen MR) is 142 cm³/mol. The summed E-state index contributed by atoms with van der Waals surface area (Å²) in [6.45, 7) is 0. The van der Waals surface area contributed by atoms with Crippen molar-refractivity contribution in [2.45, 2.75) is 22.4 Å². The van der Waals surface area contributed by atoms with E-state index in [0.29, 0.717) is 11.1 Å². The third kappa shape index (κ3) is 6.96. The quantitative estimate of drug-likeness (QED) is 0.176. The fraction of sp³-hybridized carbons (Fsp3) is 0.103. The Morgan fingerprint density at radius 1 is 0.789 bits per heavy atom. The van der Waals surface area contributed by atoms with E-state index in [1.165, 1.54) is 11.8 Å². The molecule has 0 aliphatic rings. The molecule has 2 atom stereocenters. The number of amides is 1. The summed E-state index contributed by atoms with van der Waals surface area (Å²) >= 11 is 7.33. The second kappa shape index (κ2) is 12.2. The number of rotatable bonds is 8. The lowest BCUT2D eigenvalue weighted by atomic mass is 10.1. The maximum atomic E-state index is 13.5. The Balaban J connectivity index is 1.64. The van der Waals surface area contributed by atoms with Gasteiger partial charge in [0.15, 0.2) is 0 Å². The van der Waals surface area contributed by atoms with Crippen LogP contribution >= 0.6 is 23.4 Å². The Hall–Kier alpha value is -3.75. The number of alkyl halides is 3. The molecule has 4 nitrogen and oxygen atoms in total. The molecule has 1 N–H and O–H groups in total.